The van der Waals surface area contributed by atoms with Crippen LogP contribution in [-0.4, -0.2) is 36.1 Å². The van der Waals surface area contributed by atoms with Crippen molar-refractivity contribution in [2.75, 3.05) is 13.2 Å². The third-order valence-corrected chi connectivity index (χ3v) is 3.28. The van der Waals surface area contributed by atoms with Crippen LogP contribution in [0.1, 0.15) is 26.7 Å². The maximum atomic E-state index is 9.01. The van der Waals surface area contributed by atoms with Gasteiger partial charge in [-0.05, 0) is 19.8 Å². The average molecular weight is 186 g/mol. The van der Waals surface area contributed by atoms with Gasteiger partial charge in [0, 0.05) is 12.5 Å². The molecule has 3 nitrogen and oxygen atoms in total. The Bertz CT molecular complexity index is 191. The number of rotatable bonds is 3. The molecule has 0 aromatic rings. The Morgan fingerprint density at radius 1 is 1.62 bits per heavy atom. The van der Waals surface area contributed by atoms with Crippen LogP contribution in [0.4, 0.5) is 0 Å². The largest absolute Gasteiger partial charge is 0.396 e. The van der Waals surface area contributed by atoms with Crippen molar-refractivity contribution >= 4 is 0 Å². The molecule has 2 aliphatic heterocycles. The first-order valence-electron chi connectivity index (χ1n) is 5.06. The number of hydrogen-bond donors (Lipinski definition) is 1. The fraction of sp³-hybridized carbons (Fsp3) is 1.00. The summed E-state index contributed by atoms with van der Waals surface area (Å²) in [6, 6.07) is 0. The molecule has 4 atom stereocenters. The number of aliphatic hydroxyl groups is 1. The van der Waals surface area contributed by atoms with E-state index in [0.717, 1.165) is 19.4 Å². The molecule has 0 spiro atoms. The molecule has 2 saturated heterocycles. The van der Waals surface area contributed by atoms with Gasteiger partial charge in [-0.3, -0.25) is 0 Å². The summed E-state index contributed by atoms with van der Waals surface area (Å²) >= 11 is 0. The third-order valence-electron chi connectivity index (χ3n) is 3.28. The first kappa shape index (κ1) is 9.44. The molecular weight excluding hydrogens is 168 g/mol. The predicted molar refractivity (Wildman–Crippen MR) is 48.5 cm³/mol. The molecule has 0 aromatic carbocycles. The van der Waals surface area contributed by atoms with Crippen molar-refractivity contribution in [1.29, 1.82) is 0 Å². The van der Waals surface area contributed by atoms with Gasteiger partial charge in [0.05, 0.1) is 18.3 Å². The van der Waals surface area contributed by atoms with Gasteiger partial charge in [-0.1, -0.05) is 6.92 Å². The van der Waals surface area contributed by atoms with Crippen molar-refractivity contribution in [3.8, 4) is 0 Å². The van der Waals surface area contributed by atoms with E-state index in [4.69, 9.17) is 14.6 Å². The topological polar surface area (TPSA) is 42.0 Å². The van der Waals surface area contributed by atoms with Gasteiger partial charge < -0.3 is 14.6 Å². The lowest BCUT2D eigenvalue weighted by atomic mass is 9.97. The molecule has 1 N–H and O–H groups in total. The van der Waals surface area contributed by atoms with Crippen molar-refractivity contribution in [3.63, 3.8) is 0 Å². The minimum atomic E-state index is -0.0753. The van der Waals surface area contributed by atoms with E-state index in [1.807, 2.05) is 6.92 Å². The molecular formula is C10H18O3. The number of ether oxygens (including phenoxy) is 2. The molecule has 0 amide bonds. The van der Waals surface area contributed by atoms with E-state index in [-0.39, 0.29) is 24.2 Å². The maximum absolute atomic E-state index is 9.01. The quantitative estimate of drug-likeness (QED) is 0.667. The van der Waals surface area contributed by atoms with Gasteiger partial charge in [0.1, 0.15) is 6.10 Å². The summed E-state index contributed by atoms with van der Waals surface area (Å²) in [5, 5.41) is 9.01. The van der Waals surface area contributed by atoms with Crippen LogP contribution in [0.25, 0.3) is 0 Å². The van der Waals surface area contributed by atoms with Crippen LogP contribution < -0.4 is 0 Å². The van der Waals surface area contributed by atoms with Gasteiger partial charge in [-0.25, -0.2) is 0 Å². The minimum Gasteiger partial charge on any atom is -0.396 e. The van der Waals surface area contributed by atoms with Crippen molar-refractivity contribution < 1.29 is 14.6 Å². The van der Waals surface area contributed by atoms with Crippen molar-refractivity contribution in [1.82, 2.24) is 0 Å². The molecule has 0 saturated carbocycles. The van der Waals surface area contributed by atoms with Crippen LogP contribution in [0.5, 0.6) is 0 Å². The van der Waals surface area contributed by atoms with Crippen molar-refractivity contribution in [3.05, 3.63) is 0 Å². The molecule has 0 aliphatic carbocycles. The first-order valence-corrected chi connectivity index (χ1v) is 5.06. The monoisotopic (exact) mass is 186 g/mol. The van der Waals surface area contributed by atoms with Crippen LogP contribution in [0.15, 0.2) is 0 Å². The molecule has 0 radical (unpaired) electrons. The number of epoxide rings is 1. The molecule has 0 bridgehead atoms. The minimum absolute atomic E-state index is 0.0753. The van der Waals surface area contributed by atoms with Gasteiger partial charge >= 0.3 is 0 Å². The second kappa shape index (κ2) is 3.23. The molecule has 2 rings (SSSR count). The zero-order valence-electron chi connectivity index (χ0n) is 8.32. The standard InChI is InChI=1S/C10H18O3/c1-7(5-11)8-3-4-10(2,13-8)9-6-12-9/h7-9,11H,3-6H2,1-2H3/t7?,8?,9?,10-/m1/s1. The second-order valence-corrected chi connectivity index (χ2v) is 4.49. The number of aliphatic hydroxyl groups excluding tert-OH is 1. The summed E-state index contributed by atoms with van der Waals surface area (Å²) in [6.07, 6.45) is 2.65. The van der Waals surface area contributed by atoms with E-state index in [9.17, 15) is 0 Å². The van der Waals surface area contributed by atoms with Gasteiger partial charge in [-0.15, -0.1) is 0 Å². The van der Waals surface area contributed by atoms with E-state index in [1.54, 1.807) is 0 Å². The summed E-state index contributed by atoms with van der Waals surface area (Å²) in [5.41, 5.74) is -0.0753. The normalized spacial score (nSPS) is 46.4. The van der Waals surface area contributed by atoms with Crippen LogP contribution in [-0.2, 0) is 9.47 Å². The summed E-state index contributed by atoms with van der Waals surface area (Å²) < 4.78 is 11.2. The highest BCUT2D eigenvalue weighted by Crippen LogP contribution is 2.41. The predicted octanol–water partition coefficient (Wildman–Crippen LogP) is 0.951. The van der Waals surface area contributed by atoms with E-state index in [0.29, 0.717) is 6.10 Å². The Morgan fingerprint density at radius 2 is 2.31 bits per heavy atom. The Balaban J connectivity index is 1.92. The fourth-order valence-electron chi connectivity index (χ4n) is 2.05. The van der Waals surface area contributed by atoms with Gasteiger partial charge in [-0.2, -0.15) is 0 Å². The maximum Gasteiger partial charge on any atom is 0.110 e. The van der Waals surface area contributed by atoms with E-state index < -0.39 is 0 Å². The summed E-state index contributed by atoms with van der Waals surface area (Å²) in [5.74, 6) is 0.251. The Labute approximate surface area is 79.0 Å². The van der Waals surface area contributed by atoms with E-state index in [2.05, 4.69) is 6.92 Å². The van der Waals surface area contributed by atoms with Crippen LogP contribution >= 0.6 is 0 Å². The number of hydrogen-bond acceptors (Lipinski definition) is 3. The SMILES string of the molecule is CC(CO)C1CC[C@](C)(C2CO2)O1. The van der Waals surface area contributed by atoms with Crippen molar-refractivity contribution in [2.24, 2.45) is 5.92 Å². The fourth-order valence-corrected chi connectivity index (χ4v) is 2.05. The Hall–Kier alpha value is -0.120. The molecule has 0 aromatic heterocycles. The zero-order valence-corrected chi connectivity index (χ0v) is 8.32. The molecule has 2 heterocycles. The Morgan fingerprint density at radius 3 is 2.85 bits per heavy atom. The highest BCUT2D eigenvalue weighted by atomic mass is 16.6. The van der Waals surface area contributed by atoms with Gasteiger partial charge in [0.25, 0.3) is 0 Å². The summed E-state index contributed by atoms with van der Waals surface area (Å²) in [7, 11) is 0. The molecule has 2 fully saturated rings. The highest BCUT2D eigenvalue weighted by molar-refractivity contribution is 4.97. The summed E-state index contributed by atoms with van der Waals surface area (Å²) in [4.78, 5) is 0. The third kappa shape index (κ3) is 1.73. The van der Waals surface area contributed by atoms with Crippen LogP contribution in [0.3, 0.4) is 0 Å². The first-order chi connectivity index (χ1) is 6.15. The van der Waals surface area contributed by atoms with Gasteiger partial charge in [0.15, 0.2) is 0 Å². The molecule has 2 aliphatic rings. The lowest BCUT2D eigenvalue weighted by Crippen LogP contribution is -2.33. The molecule has 76 valence electrons. The molecule has 3 unspecified atom stereocenters. The Kier molecular flexibility index (Phi) is 2.34. The second-order valence-electron chi connectivity index (χ2n) is 4.49. The molecule has 13 heavy (non-hydrogen) atoms. The molecule has 3 heteroatoms. The summed E-state index contributed by atoms with van der Waals surface area (Å²) in [6.45, 7) is 5.21. The van der Waals surface area contributed by atoms with Crippen LogP contribution in [0, 0.1) is 5.92 Å². The zero-order chi connectivity index (χ0) is 9.47. The lowest BCUT2D eigenvalue weighted by molar-refractivity contribution is -0.0699. The highest BCUT2D eigenvalue weighted by Gasteiger charge is 2.49. The lowest BCUT2D eigenvalue weighted by Gasteiger charge is -2.24. The average Bonchev–Trinajstić information content (AvgIpc) is 2.90. The van der Waals surface area contributed by atoms with Gasteiger partial charge in [0.2, 0.25) is 0 Å². The van der Waals surface area contributed by atoms with Crippen molar-refractivity contribution in [2.45, 2.75) is 44.5 Å². The smallest absolute Gasteiger partial charge is 0.110 e. The van der Waals surface area contributed by atoms with Crippen LogP contribution in [0.2, 0.25) is 0 Å². The van der Waals surface area contributed by atoms with E-state index >= 15 is 0 Å². The van der Waals surface area contributed by atoms with E-state index in [1.165, 1.54) is 0 Å².